The van der Waals surface area contributed by atoms with E-state index in [1.54, 1.807) is 34.1 Å². The number of amides is 1. The number of para-hydroxylation sites is 1. The Morgan fingerprint density at radius 3 is 2.62 bits per heavy atom. The van der Waals surface area contributed by atoms with E-state index >= 15 is 0 Å². The molecule has 120 valence electrons. The molecule has 24 heavy (non-hydrogen) atoms. The van der Waals surface area contributed by atoms with Crippen LogP contribution in [0.3, 0.4) is 0 Å². The van der Waals surface area contributed by atoms with Crippen molar-refractivity contribution in [3.8, 4) is 5.75 Å². The molecule has 0 N–H and O–H groups in total. The lowest BCUT2D eigenvalue weighted by Crippen LogP contribution is -2.41. The topological polar surface area (TPSA) is 73.1 Å². The fraction of sp³-hybridized carbons (Fsp3) is 0.176. The van der Waals surface area contributed by atoms with Crippen LogP contribution in [0.25, 0.3) is 0 Å². The highest BCUT2D eigenvalue weighted by Crippen LogP contribution is 2.19. The predicted molar refractivity (Wildman–Crippen MR) is 86.7 cm³/mol. The van der Waals surface area contributed by atoms with E-state index in [0.717, 1.165) is 11.4 Å². The first kappa shape index (κ1) is 14.4. The van der Waals surface area contributed by atoms with Crippen molar-refractivity contribution in [1.29, 1.82) is 0 Å². The Morgan fingerprint density at radius 1 is 1.04 bits per heavy atom. The van der Waals surface area contributed by atoms with Gasteiger partial charge in [-0.05, 0) is 24.3 Å². The number of ether oxygens (including phenoxy) is 1. The van der Waals surface area contributed by atoms with Gasteiger partial charge >= 0.3 is 0 Å². The molecule has 4 rings (SSSR count). The molecule has 1 aromatic carbocycles. The molecule has 1 amide bonds. The Labute approximate surface area is 138 Å². The smallest absolute Gasteiger partial charge is 0.278 e. The molecule has 0 fully saturated rings. The van der Waals surface area contributed by atoms with Crippen LogP contribution in [0.15, 0.2) is 54.9 Å². The van der Waals surface area contributed by atoms with Crippen molar-refractivity contribution >= 4 is 11.9 Å². The molecule has 0 unspecified atom stereocenters. The summed E-state index contributed by atoms with van der Waals surface area (Å²) in [6.07, 6.45) is 3.25. The minimum atomic E-state index is -0.147. The third-order valence-corrected chi connectivity index (χ3v) is 3.75. The normalized spacial score (nSPS) is 13.7. The number of hydrogen-bond acceptors (Lipinski definition) is 5. The monoisotopic (exact) mass is 321 g/mol. The Hall–Kier alpha value is -3.22. The first-order chi connectivity index (χ1) is 11.8. The van der Waals surface area contributed by atoms with Gasteiger partial charge in [0, 0.05) is 18.9 Å². The summed E-state index contributed by atoms with van der Waals surface area (Å²) in [7, 11) is 0. The zero-order chi connectivity index (χ0) is 16.4. The molecule has 0 spiro atoms. The molecule has 0 bridgehead atoms. The molecule has 0 saturated carbocycles. The second kappa shape index (κ2) is 6.11. The van der Waals surface area contributed by atoms with Crippen LogP contribution in [0.1, 0.15) is 16.2 Å². The molecule has 7 nitrogen and oxygen atoms in total. The molecule has 7 heteroatoms. The number of benzene rings is 1. The summed E-state index contributed by atoms with van der Waals surface area (Å²) < 4.78 is 7.40. The zero-order valence-electron chi connectivity index (χ0n) is 12.9. The van der Waals surface area contributed by atoms with Gasteiger partial charge in [0.25, 0.3) is 5.91 Å². The van der Waals surface area contributed by atoms with E-state index in [2.05, 4.69) is 15.1 Å². The van der Waals surface area contributed by atoms with E-state index in [9.17, 15) is 4.79 Å². The Balaban J connectivity index is 1.52. The summed E-state index contributed by atoms with van der Waals surface area (Å²) in [5.74, 6) is 1.04. The number of anilines is 1. The molecule has 1 aliphatic rings. The van der Waals surface area contributed by atoms with Crippen molar-refractivity contribution in [3.63, 3.8) is 0 Å². The molecule has 3 aromatic rings. The highest BCUT2D eigenvalue weighted by Gasteiger charge is 2.28. The minimum Gasteiger partial charge on any atom is -0.487 e. The van der Waals surface area contributed by atoms with Crippen LogP contribution in [0, 0.1) is 0 Å². The lowest BCUT2D eigenvalue weighted by atomic mass is 10.2. The van der Waals surface area contributed by atoms with Gasteiger partial charge in [-0.2, -0.15) is 5.10 Å². The van der Waals surface area contributed by atoms with E-state index in [-0.39, 0.29) is 5.91 Å². The van der Waals surface area contributed by atoms with E-state index in [1.807, 2.05) is 30.3 Å². The van der Waals surface area contributed by atoms with Gasteiger partial charge in [0.05, 0.1) is 6.54 Å². The zero-order valence-corrected chi connectivity index (χ0v) is 12.9. The van der Waals surface area contributed by atoms with Gasteiger partial charge in [0.2, 0.25) is 5.95 Å². The maximum absolute atomic E-state index is 12.6. The predicted octanol–water partition coefficient (Wildman–Crippen LogP) is 1.91. The van der Waals surface area contributed by atoms with E-state index in [0.29, 0.717) is 31.3 Å². The van der Waals surface area contributed by atoms with Crippen molar-refractivity contribution < 1.29 is 9.53 Å². The summed E-state index contributed by atoms with van der Waals surface area (Å²) >= 11 is 0. The van der Waals surface area contributed by atoms with Crippen LogP contribution in [-0.4, -0.2) is 32.2 Å². The van der Waals surface area contributed by atoms with Gasteiger partial charge in [0.1, 0.15) is 23.7 Å². The number of rotatable bonds is 4. The standard InChI is InChI=1S/C17H15N5O2/c23-16-15-11-13(12-24-14-5-2-1-3-6-14)20-22(15)10-9-21(16)17-18-7-4-8-19-17/h1-8,11H,9-10,12H2. The van der Waals surface area contributed by atoms with Crippen molar-refractivity contribution in [2.24, 2.45) is 0 Å². The van der Waals surface area contributed by atoms with Gasteiger partial charge in [-0.3, -0.25) is 14.4 Å². The summed E-state index contributed by atoms with van der Waals surface area (Å²) in [6, 6.07) is 13.0. The van der Waals surface area contributed by atoms with E-state index < -0.39 is 0 Å². The van der Waals surface area contributed by atoms with Gasteiger partial charge in [0.15, 0.2) is 0 Å². The first-order valence-corrected chi connectivity index (χ1v) is 7.65. The third-order valence-electron chi connectivity index (χ3n) is 3.75. The fourth-order valence-electron chi connectivity index (χ4n) is 2.61. The Bertz CT molecular complexity index is 848. The third kappa shape index (κ3) is 2.71. The van der Waals surface area contributed by atoms with Crippen molar-refractivity contribution in [3.05, 3.63) is 66.2 Å². The number of aromatic nitrogens is 4. The van der Waals surface area contributed by atoms with E-state index in [4.69, 9.17) is 4.74 Å². The Morgan fingerprint density at radius 2 is 1.83 bits per heavy atom. The average molecular weight is 321 g/mol. The van der Waals surface area contributed by atoms with Crippen LogP contribution in [-0.2, 0) is 13.2 Å². The quantitative estimate of drug-likeness (QED) is 0.734. The molecular formula is C17H15N5O2. The molecule has 0 radical (unpaired) electrons. The SMILES string of the molecule is O=C1c2cc(COc3ccccc3)nn2CCN1c1ncccn1. The van der Waals surface area contributed by atoms with Gasteiger partial charge in [-0.1, -0.05) is 18.2 Å². The average Bonchev–Trinajstić information content (AvgIpc) is 3.06. The molecule has 2 aromatic heterocycles. The molecule has 0 saturated heterocycles. The van der Waals surface area contributed by atoms with Crippen LogP contribution < -0.4 is 9.64 Å². The number of fused-ring (bicyclic) bond motifs is 1. The number of carbonyl (C=O) groups excluding carboxylic acids is 1. The van der Waals surface area contributed by atoms with Crippen molar-refractivity contribution in [2.75, 3.05) is 11.4 Å². The first-order valence-electron chi connectivity index (χ1n) is 7.65. The second-order valence-corrected chi connectivity index (χ2v) is 5.35. The summed E-state index contributed by atoms with van der Waals surface area (Å²) in [5, 5.41) is 4.45. The number of nitrogens with zero attached hydrogens (tertiary/aromatic N) is 5. The van der Waals surface area contributed by atoms with E-state index in [1.165, 1.54) is 0 Å². The lowest BCUT2D eigenvalue weighted by Gasteiger charge is -2.25. The lowest BCUT2D eigenvalue weighted by molar-refractivity contribution is 0.0960. The Kier molecular flexibility index (Phi) is 3.66. The van der Waals surface area contributed by atoms with Gasteiger partial charge < -0.3 is 4.74 Å². The molecule has 1 aliphatic heterocycles. The minimum absolute atomic E-state index is 0.147. The van der Waals surface area contributed by atoms with Crippen LogP contribution >= 0.6 is 0 Å². The maximum atomic E-state index is 12.6. The van der Waals surface area contributed by atoms with Gasteiger partial charge in [-0.25, -0.2) is 9.97 Å². The summed E-state index contributed by atoms with van der Waals surface area (Å²) in [4.78, 5) is 22.5. The molecular weight excluding hydrogens is 306 g/mol. The van der Waals surface area contributed by atoms with Crippen molar-refractivity contribution in [2.45, 2.75) is 13.2 Å². The molecule has 3 heterocycles. The maximum Gasteiger partial charge on any atom is 0.278 e. The fourth-order valence-corrected chi connectivity index (χ4v) is 2.61. The highest BCUT2D eigenvalue weighted by atomic mass is 16.5. The van der Waals surface area contributed by atoms with Gasteiger partial charge in [-0.15, -0.1) is 0 Å². The molecule has 0 aliphatic carbocycles. The molecule has 0 atom stereocenters. The second-order valence-electron chi connectivity index (χ2n) is 5.35. The highest BCUT2D eigenvalue weighted by molar-refractivity contribution is 6.04. The summed E-state index contributed by atoms with van der Waals surface area (Å²) in [5.41, 5.74) is 1.25. The van der Waals surface area contributed by atoms with Crippen LogP contribution in [0.5, 0.6) is 5.75 Å². The van der Waals surface area contributed by atoms with Crippen LogP contribution in [0.4, 0.5) is 5.95 Å². The van der Waals surface area contributed by atoms with Crippen molar-refractivity contribution in [1.82, 2.24) is 19.7 Å². The summed E-state index contributed by atoms with van der Waals surface area (Å²) in [6.45, 7) is 1.42. The number of hydrogen-bond donors (Lipinski definition) is 0. The van der Waals surface area contributed by atoms with Crippen LogP contribution in [0.2, 0.25) is 0 Å². The largest absolute Gasteiger partial charge is 0.487 e. The number of carbonyl (C=O) groups is 1.